The molecule has 2 amide bonds. The molecule has 8 heteroatoms. The predicted octanol–water partition coefficient (Wildman–Crippen LogP) is 7.04. The molecule has 4 aromatic carbocycles. The van der Waals surface area contributed by atoms with Gasteiger partial charge in [-0.25, -0.2) is 4.98 Å². The summed E-state index contributed by atoms with van der Waals surface area (Å²) in [6.07, 6.45) is 0. The minimum absolute atomic E-state index is 0.267. The Morgan fingerprint density at radius 1 is 0.686 bits per heavy atom. The van der Waals surface area contributed by atoms with E-state index in [-0.39, 0.29) is 11.8 Å². The summed E-state index contributed by atoms with van der Waals surface area (Å²) < 4.78 is 0. The SMILES string of the molecule is O=C(Nc1ccccc1)c1cccc(NC(=O)c2ccc3nc(-c4c(Cl)cccc4Cl)[nH]c3c2)c1. The van der Waals surface area contributed by atoms with E-state index in [9.17, 15) is 9.59 Å². The second-order valence-electron chi connectivity index (χ2n) is 7.77. The van der Waals surface area contributed by atoms with Crippen molar-refractivity contribution in [3.63, 3.8) is 0 Å². The standard InChI is InChI=1S/C27H18Cl2N4O2/c28-20-10-5-11-21(29)24(20)25-32-22-13-12-17(15-23(22)33-25)27(35)31-19-9-4-6-16(14-19)26(34)30-18-7-2-1-3-8-18/h1-15H,(H,30,34)(H,31,35)(H,32,33). The summed E-state index contributed by atoms with van der Waals surface area (Å²) in [7, 11) is 0. The number of para-hydroxylation sites is 1. The number of benzene rings is 4. The first-order valence-corrected chi connectivity index (χ1v) is 11.5. The molecule has 5 aromatic rings. The van der Waals surface area contributed by atoms with Gasteiger partial charge in [-0.1, -0.05) is 53.5 Å². The Labute approximate surface area is 210 Å². The van der Waals surface area contributed by atoms with Gasteiger partial charge in [0, 0.05) is 22.5 Å². The molecule has 0 saturated carbocycles. The number of hydrogen-bond acceptors (Lipinski definition) is 3. The van der Waals surface area contributed by atoms with Crippen molar-refractivity contribution in [3.8, 4) is 11.4 Å². The van der Waals surface area contributed by atoms with Gasteiger partial charge in [-0.15, -0.1) is 0 Å². The lowest BCUT2D eigenvalue weighted by atomic mass is 10.1. The number of imidazole rings is 1. The van der Waals surface area contributed by atoms with Crippen molar-refractivity contribution >= 4 is 57.4 Å². The third-order valence-corrected chi connectivity index (χ3v) is 5.99. The maximum absolute atomic E-state index is 12.9. The first-order chi connectivity index (χ1) is 17.0. The van der Waals surface area contributed by atoms with Crippen LogP contribution >= 0.6 is 23.2 Å². The van der Waals surface area contributed by atoms with Crippen LogP contribution in [0.5, 0.6) is 0 Å². The summed E-state index contributed by atoms with van der Waals surface area (Å²) in [6.45, 7) is 0. The number of amides is 2. The van der Waals surface area contributed by atoms with Crippen LogP contribution in [0.3, 0.4) is 0 Å². The maximum Gasteiger partial charge on any atom is 0.255 e. The second-order valence-corrected chi connectivity index (χ2v) is 8.58. The lowest BCUT2D eigenvalue weighted by Crippen LogP contribution is -2.14. The zero-order chi connectivity index (χ0) is 24.4. The van der Waals surface area contributed by atoms with Gasteiger partial charge in [0.1, 0.15) is 5.82 Å². The van der Waals surface area contributed by atoms with Crippen LogP contribution in [0, 0.1) is 0 Å². The Balaban J connectivity index is 1.35. The number of aromatic amines is 1. The quantitative estimate of drug-likeness (QED) is 0.241. The van der Waals surface area contributed by atoms with E-state index in [0.717, 1.165) is 0 Å². The number of carbonyl (C=O) groups is 2. The predicted molar refractivity (Wildman–Crippen MR) is 140 cm³/mol. The van der Waals surface area contributed by atoms with Crippen molar-refractivity contribution in [3.05, 3.63) is 112 Å². The van der Waals surface area contributed by atoms with Crippen molar-refractivity contribution in [2.24, 2.45) is 0 Å². The smallest absolute Gasteiger partial charge is 0.255 e. The Kier molecular flexibility index (Phi) is 6.23. The molecule has 0 saturated heterocycles. The van der Waals surface area contributed by atoms with Gasteiger partial charge in [0.25, 0.3) is 11.8 Å². The first kappa shape index (κ1) is 22.7. The number of anilines is 2. The van der Waals surface area contributed by atoms with Crippen LogP contribution in [0.25, 0.3) is 22.4 Å². The molecule has 0 spiro atoms. The summed E-state index contributed by atoms with van der Waals surface area (Å²) in [6, 6.07) is 26.3. The number of aromatic nitrogens is 2. The number of nitrogens with one attached hydrogen (secondary N) is 3. The van der Waals surface area contributed by atoms with Crippen LogP contribution in [0.1, 0.15) is 20.7 Å². The van der Waals surface area contributed by atoms with E-state index in [1.807, 2.05) is 18.2 Å². The molecule has 1 aromatic heterocycles. The summed E-state index contributed by atoms with van der Waals surface area (Å²) in [5, 5.41) is 6.63. The summed E-state index contributed by atoms with van der Waals surface area (Å²) >= 11 is 12.6. The van der Waals surface area contributed by atoms with Gasteiger partial charge in [-0.2, -0.15) is 0 Å². The molecule has 0 radical (unpaired) electrons. The number of nitrogens with zero attached hydrogens (tertiary/aromatic N) is 1. The lowest BCUT2D eigenvalue weighted by Gasteiger charge is -2.08. The molecule has 0 aliphatic heterocycles. The fraction of sp³-hybridized carbons (Fsp3) is 0. The normalized spacial score (nSPS) is 10.8. The molecule has 35 heavy (non-hydrogen) atoms. The molecule has 6 nitrogen and oxygen atoms in total. The summed E-state index contributed by atoms with van der Waals surface area (Å²) in [4.78, 5) is 33.2. The van der Waals surface area contributed by atoms with Gasteiger partial charge in [0.05, 0.1) is 26.6 Å². The van der Waals surface area contributed by atoms with Gasteiger partial charge < -0.3 is 15.6 Å². The highest BCUT2D eigenvalue weighted by Gasteiger charge is 2.15. The van der Waals surface area contributed by atoms with Crippen LogP contribution in [0.2, 0.25) is 10.0 Å². The highest BCUT2D eigenvalue weighted by Crippen LogP contribution is 2.34. The topological polar surface area (TPSA) is 86.9 Å². The number of H-pyrrole nitrogens is 1. The van der Waals surface area contributed by atoms with Crippen molar-refractivity contribution in [1.29, 1.82) is 0 Å². The second kappa shape index (κ2) is 9.62. The fourth-order valence-electron chi connectivity index (χ4n) is 3.66. The van der Waals surface area contributed by atoms with E-state index >= 15 is 0 Å². The van der Waals surface area contributed by atoms with E-state index in [1.165, 1.54) is 0 Å². The van der Waals surface area contributed by atoms with Crippen molar-refractivity contribution in [1.82, 2.24) is 9.97 Å². The average molecular weight is 501 g/mol. The van der Waals surface area contributed by atoms with Gasteiger partial charge in [-0.3, -0.25) is 9.59 Å². The Hall–Kier alpha value is -4.13. The average Bonchev–Trinajstić information content (AvgIpc) is 3.27. The zero-order valence-corrected chi connectivity index (χ0v) is 19.7. The van der Waals surface area contributed by atoms with Gasteiger partial charge >= 0.3 is 0 Å². The third-order valence-electron chi connectivity index (χ3n) is 5.36. The molecule has 1 heterocycles. The van der Waals surface area contributed by atoms with Crippen LogP contribution in [-0.2, 0) is 0 Å². The number of hydrogen-bond donors (Lipinski definition) is 3. The minimum atomic E-state index is -0.320. The van der Waals surface area contributed by atoms with Crippen LogP contribution < -0.4 is 10.6 Å². The Morgan fingerprint density at radius 2 is 1.31 bits per heavy atom. The molecular formula is C27H18Cl2N4O2. The zero-order valence-electron chi connectivity index (χ0n) is 18.2. The Bertz CT molecular complexity index is 1540. The highest BCUT2D eigenvalue weighted by molar-refractivity contribution is 6.39. The molecule has 5 rings (SSSR count). The van der Waals surface area contributed by atoms with Crippen molar-refractivity contribution in [2.45, 2.75) is 0 Å². The maximum atomic E-state index is 12.9. The molecule has 0 aliphatic carbocycles. The fourth-order valence-corrected chi connectivity index (χ4v) is 4.24. The molecule has 0 atom stereocenters. The van der Waals surface area contributed by atoms with Gasteiger partial charge in [-0.05, 0) is 60.7 Å². The van der Waals surface area contributed by atoms with Crippen LogP contribution in [-0.4, -0.2) is 21.8 Å². The number of halogens is 2. The van der Waals surface area contributed by atoms with Crippen molar-refractivity contribution < 1.29 is 9.59 Å². The third kappa shape index (κ3) is 4.89. The van der Waals surface area contributed by atoms with Gasteiger partial charge in [0.2, 0.25) is 0 Å². The molecule has 0 aliphatic rings. The molecule has 0 unspecified atom stereocenters. The molecule has 3 N–H and O–H groups in total. The number of rotatable bonds is 5. The van der Waals surface area contributed by atoms with Crippen molar-refractivity contribution in [2.75, 3.05) is 10.6 Å². The molecular weight excluding hydrogens is 483 g/mol. The highest BCUT2D eigenvalue weighted by atomic mass is 35.5. The lowest BCUT2D eigenvalue weighted by molar-refractivity contribution is 0.101. The van der Waals surface area contributed by atoms with Gasteiger partial charge in [0.15, 0.2) is 0 Å². The van der Waals surface area contributed by atoms with E-state index in [2.05, 4.69) is 20.6 Å². The largest absolute Gasteiger partial charge is 0.338 e. The van der Waals surface area contributed by atoms with E-state index in [4.69, 9.17) is 23.2 Å². The first-order valence-electron chi connectivity index (χ1n) is 10.7. The summed E-state index contributed by atoms with van der Waals surface area (Å²) in [5.41, 5.74) is 3.99. The minimum Gasteiger partial charge on any atom is -0.338 e. The Morgan fingerprint density at radius 3 is 2.06 bits per heavy atom. The van der Waals surface area contributed by atoms with Crippen LogP contribution in [0.15, 0.2) is 91.0 Å². The molecule has 172 valence electrons. The molecule has 0 bridgehead atoms. The number of fused-ring (bicyclic) bond motifs is 1. The van der Waals surface area contributed by atoms with E-state index in [1.54, 1.807) is 72.8 Å². The van der Waals surface area contributed by atoms with E-state index < -0.39 is 0 Å². The summed E-state index contributed by atoms with van der Waals surface area (Å²) in [5.74, 6) is -0.0679. The molecule has 0 fully saturated rings. The van der Waals surface area contributed by atoms with E-state index in [0.29, 0.717) is 55.0 Å². The van der Waals surface area contributed by atoms with Crippen LogP contribution in [0.4, 0.5) is 11.4 Å². The number of carbonyl (C=O) groups excluding carboxylic acids is 2. The monoisotopic (exact) mass is 500 g/mol.